The number of alkyl halides is 3. The highest BCUT2D eigenvalue weighted by molar-refractivity contribution is 5.97. The van der Waals surface area contributed by atoms with Gasteiger partial charge in [0.1, 0.15) is 0 Å². The first-order chi connectivity index (χ1) is 10.8. The topological polar surface area (TPSA) is 81.9 Å². The quantitative estimate of drug-likeness (QED) is 0.624. The lowest BCUT2D eigenvalue weighted by atomic mass is 10.0. The molecule has 1 aliphatic rings. The van der Waals surface area contributed by atoms with Gasteiger partial charge in [-0.3, -0.25) is 14.9 Å². The van der Waals surface area contributed by atoms with Crippen LogP contribution in [0.5, 0.6) is 5.75 Å². The van der Waals surface area contributed by atoms with E-state index in [0.29, 0.717) is 6.07 Å². The Balaban J connectivity index is 2.55. The summed E-state index contributed by atoms with van der Waals surface area (Å²) >= 11 is 0. The molecule has 0 aliphatic carbocycles. The largest absolute Gasteiger partial charge is 0.490 e. The van der Waals surface area contributed by atoms with Gasteiger partial charge in [0.15, 0.2) is 5.75 Å². The fourth-order valence-corrected chi connectivity index (χ4v) is 2.22. The van der Waals surface area contributed by atoms with Crippen LogP contribution < -0.4 is 4.74 Å². The van der Waals surface area contributed by atoms with Crippen LogP contribution in [0.1, 0.15) is 15.9 Å². The van der Waals surface area contributed by atoms with Crippen LogP contribution in [0, 0.1) is 10.1 Å². The van der Waals surface area contributed by atoms with E-state index in [4.69, 9.17) is 9.47 Å². The molecule has 0 aromatic heterocycles. The summed E-state index contributed by atoms with van der Waals surface area (Å²) in [6.07, 6.45) is -4.91. The van der Waals surface area contributed by atoms with Gasteiger partial charge in [-0.25, -0.2) is 0 Å². The van der Waals surface area contributed by atoms with Crippen molar-refractivity contribution >= 4 is 11.6 Å². The fraction of sp³-hybridized carbons (Fsp3) is 0.462. The zero-order chi connectivity index (χ0) is 17.2. The zero-order valence-electron chi connectivity index (χ0n) is 12.1. The van der Waals surface area contributed by atoms with Crippen LogP contribution in [0.4, 0.5) is 18.9 Å². The summed E-state index contributed by atoms with van der Waals surface area (Å²) in [5.41, 5.74) is -2.89. The zero-order valence-corrected chi connectivity index (χ0v) is 12.1. The Kier molecular flexibility index (Phi) is 4.73. The van der Waals surface area contributed by atoms with Gasteiger partial charge in [0, 0.05) is 25.2 Å². The van der Waals surface area contributed by atoms with E-state index in [9.17, 15) is 28.1 Å². The van der Waals surface area contributed by atoms with Crippen molar-refractivity contribution in [2.75, 3.05) is 33.4 Å². The van der Waals surface area contributed by atoms with E-state index in [0.717, 1.165) is 13.2 Å². The Bertz CT molecular complexity index is 627. The van der Waals surface area contributed by atoms with Gasteiger partial charge in [-0.15, -0.1) is 0 Å². The number of hydrogen-bond acceptors (Lipinski definition) is 5. The van der Waals surface area contributed by atoms with Crippen molar-refractivity contribution in [1.29, 1.82) is 0 Å². The van der Waals surface area contributed by atoms with Crippen molar-refractivity contribution in [2.45, 2.75) is 6.18 Å². The van der Waals surface area contributed by atoms with Gasteiger partial charge in [-0.1, -0.05) is 0 Å². The first-order valence-electron chi connectivity index (χ1n) is 6.56. The molecule has 1 aromatic rings. The lowest BCUT2D eigenvalue weighted by Gasteiger charge is -2.28. The van der Waals surface area contributed by atoms with Crippen molar-refractivity contribution in [3.8, 4) is 5.75 Å². The highest BCUT2D eigenvalue weighted by Crippen LogP contribution is 2.39. The van der Waals surface area contributed by atoms with E-state index in [2.05, 4.69) is 0 Å². The Morgan fingerprint density at radius 3 is 2.43 bits per heavy atom. The van der Waals surface area contributed by atoms with Crippen LogP contribution in [0.3, 0.4) is 0 Å². The monoisotopic (exact) mass is 334 g/mol. The molecule has 0 saturated carbocycles. The van der Waals surface area contributed by atoms with E-state index in [-0.39, 0.29) is 26.3 Å². The number of nitrogens with zero attached hydrogens (tertiary/aromatic N) is 2. The van der Waals surface area contributed by atoms with Crippen molar-refractivity contribution in [3.05, 3.63) is 33.4 Å². The van der Waals surface area contributed by atoms with E-state index >= 15 is 0 Å². The number of nitro benzene ring substituents is 1. The molecule has 0 bridgehead atoms. The molecule has 126 valence electrons. The normalized spacial score (nSPS) is 15.4. The van der Waals surface area contributed by atoms with Crippen molar-refractivity contribution in [1.82, 2.24) is 4.90 Å². The summed E-state index contributed by atoms with van der Waals surface area (Å²) in [6, 6.07) is 1.09. The van der Waals surface area contributed by atoms with Crippen molar-refractivity contribution < 1.29 is 32.4 Å². The highest BCUT2D eigenvalue weighted by atomic mass is 19.4. The predicted molar refractivity (Wildman–Crippen MR) is 71.4 cm³/mol. The Morgan fingerprint density at radius 1 is 1.35 bits per heavy atom. The molecule has 1 aliphatic heterocycles. The molecule has 0 N–H and O–H groups in total. The number of carbonyl (C=O) groups is 1. The molecule has 1 fully saturated rings. The molecule has 1 saturated heterocycles. The van der Waals surface area contributed by atoms with Gasteiger partial charge >= 0.3 is 11.9 Å². The Labute approximate surface area is 128 Å². The van der Waals surface area contributed by atoms with Gasteiger partial charge in [0.2, 0.25) is 0 Å². The molecule has 2 rings (SSSR count). The summed E-state index contributed by atoms with van der Waals surface area (Å²) in [7, 11) is 1.08. The van der Waals surface area contributed by atoms with Gasteiger partial charge in [0.25, 0.3) is 5.91 Å². The van der Waals surface area contributed by atoms with Crippen LogP contribution in [-0.2, 0) is 10.9 Å². The first-order valence-corrected chi connectivity index (χ1v) is 6.56. The minimum atomic E-state index is -4.91. The maximum Gasteiger partial charge on any atom is 0.417 e. The number of amides is 1. The maximum atomic E-state index is 13.2. The number of methoxy groups -OCH3 is 1. The maximum absolute atomic E-state index is 13.2. The molecule has 0 atom stereocenters. The molecule has 23 heavy (non-hydrogen) atoms. The predicted octanol–water partition coefficient (Wildman–Crippen LogP) is 2.09. The second-order valence-corrected chi connectivity index (χ2v) is 4.73. The van der Waals surface area contributed by atoms with Crippen molar-refractivity contribution in [3.63, 3.8) is 0 Å². The van der Waals surface area contributed by atoms with Crippen LogP contribution in [0.2, 0.25) is 0 Å². The lowest BCUT2D eigenvalue weighted by Crippen LogP contribution is -2.41. The Hall–Kier alpha value is -2.36. The molecular formula is C13H13F3N2O5. The third-order valence-electron chi connectivity index (χ3n) is 3.35. The number of ether oxygens (including phenoxy) is 2. The summed E-state index contributed by atoms with van der Waals surface area (Å²) in [4.78, 5) is 23.5. The second kappa shape index (κ2) is 6.41. The summed E-state index contributed by atoms with van der Waals surface area (Å²) in [5.74, 6) is -1.27. The third kappa shape index (κ3) is 3.52. The summed E-state index contributed by atoms with van der Waals surface area (Å²) < 4.78 is 49.4. The number of halogens is 3. The third-order valence-corrected chi connectivity index (χ3v) is 3.35. The number of benzene rings is 1. The fourth-order valence-electron chi connectivity index (χ4n) is 2.22. The first kappa shape index (κ1) is 17.0. The summed E-state index contributed by atoms with van der Waals surface area (Å²) in [6.45, 7) is 0.735. The average Bonchev–Trinajstić information content (AvgIpc) is 2.52. The average molecular weight is 334 g/mol. The molecule has 1 aromatic carbocycles. The standard InChI is InChI=1S/C13H13F3N2O5/c1-22-11-6-8(12(19)17-2-4-23-5-3-17)9(13(14,15)16)7-10(11)18(20)21/h6-7H,2-5H2,1H3. The molecule has 1 heterocycles. The van der Waals surface area contributed by atoms with Crippen LogP contribution in [0.15, 0.2) is 12.1 Å². The molecule has 10 heteroatoms. The number of hydrogen-bond donors (Lipinski definition) is 0. The van der Waals surface area contributed by atoms with E-state index in [1.54, 1.807) is 0 Å². The molecule has 7 nitrogen and oxygen atoms in total. The molecule has 0 spiro atoms. The van der Waals surface area contributed by atoms with Crippen LogP contribution in [0.25, 0.3) is 0 Å². The van der Waals surface area contributed by atoms with Gasteiger partial charge < -0.3 is 14.4 Å². The van der Waals surface area contributed by atoms with E-state index < -0.39 is 39.6 Å². The number of nitro groups is 1. The highest BCUT2D eigenvalue weighted by Gasteiger charge is 2.39. The molecule has 1 amide bonds. The van der Waals surface area contributed by atoms with Gasteiger partial charge in [-0.2, -0.15) is 13.2 Å². The number of rotatable bonds is 3. The molecule has 0 radical (unpaired) electrons. The SMILES string of the molecule is COc1cc(C(=O)N2CCOCC2)c(C(F)(F)F)cc1[N+](=O)[O-]. The Morgan fingerprint density at radius 2 is 1.96 bits per heavy atom. The molecular weight excluding hydrogens is 321 g/mol. The van der Waals surface area contributed by atoms with Gasteiger partial charge in [-0.05, 0) is 0 Å². The van der Waals surface area contributed by atoms with Crippen LogP contribution >= 0.6 is 0 Å². The second-order valence-electron chi connectivity index (χ2n) is 4.73. The summed E-state index contributed by atoms with van der Waals surface area (Å²) in [5, 5.41) is 10.9. The smallest absolute Gasteiger partial charge is 0.417 e. The van der Waals surface area contributed by atoms with Crippen LogP contribution in [-0.4, -0.2) is 49.1 Å². The van der Waals surface area contributed by atoms with Gasteiger partial charge in [0.05, 0.1) is 36.4 Å². The van der Waals surface area contributed by atoms with E-state index in [1.165, 1.54) is 4.90 Å². The lowest BCUT2D eigenvalue weighted by molar-refractivity contribution is -0.386. The minimum absolute atomic E-state index is 0.148. The molecule has 0 unspecified atom stereocenters. The minimum Gasteiger partial charge on any atom is -0.490 e. The number of carbonyl (C=O) groups excluding carboxylic acids is 1. The number of morpholine rings is 1. The van der Waals surface area contributed by atoms with Crippen molar-refractivity contribution in [2.24, 2.45) is 0 Å². The van der Waals surface area contributed by atoms with E-state index in [1.807, 2.05) is 0 Å².